The van der Waals surface area contributed by atoms with Crippen molar-refractivity contribution in [2.24, 2.45) is 29.6 Å². The molecule has 4 bridgehead atoms. The highest BCUT2D eigenvalue weighted by molar-refractivity contribution is 5.10. The van der Waals surface area contributed by atoms with Crippen LogP contribution in [0.5, 0.6) is 0 Å². The van der Waals surface area contributed by atoms with Crippen LogP contribution in [0.2, 0.25) is 0 Å². The van der Waals surface area contributed by atoms with Crippen LogP contribution in [0.3, 0.4) is 0 Å². The lowest BCUT2D eigenvalue weighted by atomic mass is 9.50. The predicted octanol–water partition coefficient (Wildman–Crippen LogP) is 2.28. The second-order valence-corrected chi connectivity index (χ2v) is 5.94. The highest BCUT2D eigenvalue weighted by atomic mass is 14.9. The summed E-state index contributed by atoms with van der Waals surface area (Å²) in [5.74, 6) is 7.74. The van der Waals surface area contributed by atoms with E-state index in [0.29, 0.717) is 6.04 Å². The van der Waals surface area contributed by atoms with E-state index in [2.05, 4.69) is 11.2 Å². The maximum absolute atomic E-state index is 5.65. The summed E-state index contributed by atoms with van der Waals surface area (Å²) in [4.78, 5) is 0. The van der Waals surface area contributed by atoms with Crippen LogP contribution >= 0.6 is 0 Å². The van der Waals surface area contributed by atoms with Crippen molar-refractivity contribution in [1.82, 2.24) is 5.32 Å². The lowest BCUT2D eigenvalue weighted by molar-refractivity contribution is -0.0432. The molecule has 15 heavy (non-hydrogen) atoms. The Hall–Kier alpha value is -0.480. The van der Waals surface area contributed by atoms with Gasteiger partial charge < -0.3 is 5.32 Å². The van der Waals surface area contributed by atoms with Gasteiger partial charge in [0.1, 0.15) is 0 Å². The van der Waals surface area contributed by atoms with E-state index >= 15 is 0 Å². The van der Waals surface area contributed by atoms with E-state index in [-0.39, 0.29) is 0 Å². The van der Waals surface area contributed by atoms with Crippen LogP contribution in [0, 0.1) is 41.9 Å². The molecule has 4 rings (SSSR count). The van der Waals surface area contributed by atoms with Gasteiger partial charge in [-0.1, -0.05) is 5.92 Å². The summed E-state index contributed by atoms with van der Waals surface area (Å²) in [6, 6.07) is 0.333. The molecule has 0 amide bonds. The Balaban J connectivity index is 1.83. The van der Waals surface area contributed by atoms with Crippen molar-refractivity contribution < 1.29 is 0 Å². The lowest BCUT2D eigenvalue weighted by Crippen LogP contribution is -2.51. The van der Waals surface area contributed by atoms with Gasteiger partial charge in [-0.05, 0) is 68.7 Å². The molecule has 1 atom stereocenters. The van der Waals surface area contributed by atoms with Crippen molar-refractivity contribution in [1.29, 1.82) is 0 Å². The molecule has 0 aromatic heterocycles. The molecule has 0 radical (unpaired) electrons. The molecule has 0 aliphatic heterocycles. The number of rotatable bonds is 2. The van der Waals surface area contributed by atoms with Gasteiger partial charge in [0, 0.05) is 0 Å². The Morgan fingerprint density at radius 1 is 1.07 bits per heavy atom. The second-order valence-electron chi connectivity index (χ2n) is 5.94. The van der Waals surface area contributed by atoms with E-state index in [1.165, 1.54) is 32.1 Å². The maximum Gasteiger partial charge on any atom is 0.0718 e. The number of hydrogen-bond donors (Lipinski definition) is 1. The Labute approximate surface area is 93.0 Å². The average molecular weight is 203 g/mol. The van der Waals surface area contributed by atoms with Gasteiger partial charge in [0.2, 0.25) is 0 Å². The minimum atomic E-state index is 0.333. The Kier molecular flexibility index (Phi) is 2.29. The molecule has 0 spiro atoms. The molecule has 4 aliphatic rings. The smallest absolute Gasteiger partial charge is 0.0718 e. The van der Waals surface area contributed by atoms with E-state index in [4.69, 9.17) is 6.42 Å². The van der Waals surface area contributed by atoms with Gasteiger partial charge in [-0.2, -0.15) is 0 Å². The van der Waals surface area contributed by atoms with Crippen LogP contribution in [-0.2, 0) is 0 Å². The summed E-state index contributed by atoms with van der Waals surface area (Å²) in [6.07, 6.45) is 13.1. The molecule has 0 aromatic rings. The Morgan fingerprint density at radius 3 is 2.00 bits per heavy atom. The predicted molar refractivity (Wildman–Crippen MR) is 62.2 cm³/mol. The van der Waals surface area contributed by atoms with Crippen LogP contribution in [0.1, 0.15) is 32.1 Å². The zero-order valence-electron chi connectivity index (χ0n) is 9.58. The molecule has 1 nitrogen and oxygen atoms in total. The SMILES string of the molecule is C#CC(NC)C1C2CC3CC(C2)CC1C3. The van der Waals surface area contributed by atoms with E-state index < -0.39 is 0 Å². The highest BCUT2D eigenvalue weighted by Gasteiger charge is 2.49. The van der Waals surface area contributed by atoms with Crippen molar-refractivity contribution in [2.45, 2.75) is 38.1 Å². The van der Waals surface area contributed by atoms with Crippen molar-refractivity contribution in [3.63, 3.8) is 0 Å². The van der Waals surface area contributed by atoms with Crippen LogP contribution in [0.15, 0.2) is 0 Å². The first-order valence-electron chi connectivity index (χ1n) is 6.45. The Morgan fingerprint density at radius 2 is 1.60 bits per heavy atom. The molecular weight excluding hydrogens is 182 g/mol. The van der Waals surface area contributed by atoms with Crippen LogP contribution in [0.25, 0.3) is 0 Å². The second kappa shape index (κ2) is 3.52. The minimum Gasteiger partial charge on any atom is -0.307 e. The molecule has 82 valence electrons. The molecular formula is C14H21N. The van der Waals surface area contributed by atoms with Crippen molar-refractivity contribution in [3.05, 3.63) is 0 Å². The molecule has 0 aromatic carbocycles. The van der Waals surface area contributed by atoms with Gasteiger partial charge in [0.05, 0.1) is 6.04 Å². The van der Waals surface area contributed by atoms with Gasteiger partial charge in [-0.3, -0.25) is 0 Å². The van der Waals surface area contributed by atoms with Crippen molar-refractivity contribution in [2.75, 3.05) is 7.05 Å². The number of terminal acetylenes is 1. The zero-order chi connectivity index (χ0) is 10.4. The molecule has 4 fully saturated rings. The highest BCUT2D eigenvalue weighted by Crippen LogP contribution is 2.57. The fraction of sp³-hybridized carbons (Fsp3) is 0.857. The standard InChI is InChI=1S/C14H21N/c1-3-13(15-2)14-11-5-9-4-10(7-11)8-12(14)6-9/h1,9-15H,4-8H2,2H3. The first-order valence-corrected chi connectivity index (χ1v) is 6.45. The zero-order valence-corrected chi connectivity index (χ0v) is 9.58. The first-order chi connectivity index (χ1) is 7.31. The molecule has 1 unspecified atom stereocenters. The minimum absolute atomic E-state index is 0.333. The summed E-state index contributed by atoms with van der Waals surface area (Å²) < 4.78 is 0. The third-order valence-corrected chi connectivity index (χ3v) is 5.18. The van der Waals surface area contributed by atoms with Crippen LogP contribution < -0.4 is 5.32 Å². The van der Waals surface area contributed by atoms with Gasteiger partial charge in [-0.25, -0.2) is 0 Å². The van der Waals surface area contributed by atoms with E-state index in [9.17, 15) is 0 Å². The average Bonchev–Trinajstić information content (AvgIpc) is 2.22. The summed E-state index contributed by atoms with van der Waals surface area (Å²) >= 11 is 0. The fourth-order valence-electron chi connectivity index (χ4n) is 4.90. The summed E-state index contributed by atoms with van der Waals surface area (Å²) in [7, 11) is 2.02. The van der Waals surface area contributed by atoms with E-state index in [1.807, 2.05) is 7.05 Å². The monoisotopic (exact) mass is 203 g/mol. The normalized spacial score (nSPS) is 48.9. The Bertz CT molecular complexity index is 260. The largest absolute Gasteiger partial charge is 0.307 e. The fourth-order valence-corrected chi connectivity index (χ4v) is 4.90. The summed E-state index contributed by atoms with van der Waals surface area (Å²) in [5.41, 5.74) is 0. The lowest BCUT2D eigenvalue weighted by Gasteiger charge is -2.55. The molecule has 0 saturated heterocycles. The van der Waals surface area contributed by atoms with Gasteiger partial charge in [-0.15, -0.1) is 6.42 Å². The molecule has 1 heteroatoms. The molecule has 4 saturated carbocycles. The summed E-state index contributed by atoms with van der Waals surface area (Å²) in [6.45, 7) is 0. The number of nitrogens with one attached hydrogen (secondary N) is 1. The van der Waals surface area contributed by atoms with Crippen LogP contribution in [0.4, 0.5) is 0 Å². The number of hydrogen-bond acceptors (Lipinski definition) is 1. The van der Waals surface area contributed by atoms with Gasteiger partial charge in [0.15, 0.2) is 0 Å². The van der Waals surface area contributed by atoms with Crippen molar-refractivity contribution >= 4 is 0 Å². The van der Waals surface area contributed by atoms with E-state index in [1.54, 1.807) is 0 Å². The molecule has 0 heterocycles. The third-order valence-electron chi connectivity index (χ3n) is 5.18. The molecule has 1 N–H and O–H groups in total. The van der Waals surface area contributed by atoms with Crippen LogP contribution in [-0.4, -0.2) is 13.1 Å². The third kappa shape index (κ3) is 1.42. The topological polar surface area (TPSA) is 12.0 Å². The summed E-state index contributed by atoms with van der Waals surface area (Å²) in [5, 5.41) is 3.34. The quantitative estimate of drug-likeness (QED) is 0.679. The van der Waals surface area contributed by atoms with E-state index in [0.717, 1.165) is 29.6 Å². The van der Waals surface area contributed by atoms with Gasteiger partial charge >= 0.3 is 0 Å². The van der Waals surface area contributed by atoms with Crippen molar-refractivity contribution in [3.8, 4) is 12.3 Å². The van der Waals surface area contributed by atoms with Gasteiger partial charge in [0.25, 0.3) is 0 Å². The maximum atomic E-state index is 5.65. The first kappa shape index (κ1) is 9.73. The molecule has 4 aliphatic carbocycles.